The predicted molar refractivity (Wildman–Crippen MR) is 80.7 cm³/mol. The van der Waals surface area contributed by atoms with Crippen LogP contribution in [0.25, 0.3) is 0 Å². The summed E-state index contributed by atoms with van der Waals surface area (Å²) in [6.45, 7) is 2.96. The summed E-state index contributed by atoms with van der Waals surface area (Å²) >= 11 is 0. The van der Waals surface area contributed by atoms with E-state index in [0.29, 0.717) is 5.56 Å². The average Bonchev–Trinajstić information content (AvgIpc) is 2.50. The Morgan fingerprint density at radius 3 is 2.60 bits per heavy atom. The maximum atomic E-state index is 10.7. The highest BCUT2D eigenvalue weighted by atomic mass is 16.1. The molecule has 4 nitrogen and oxygen atoms in total. The van der Waals surface area contributed by atoms with Gasteiger partial charge in [0, 0.05) is 18.3 Å². The standard InChI is InChI=1S/C16H25N3O/c1-17-9-13-2-4-14(5-3-13)10-18-11-16-8-15(12-20)6-7-19-16/h6-8,12-14,17-18H,2-5,9-11H2,1H3. The summed E-state index contributed by atoms with van der Waals surface area (Å²) in [5, 5.41) is 6.75. The number of carbonyl (C=O) groups excluding carboxylic acids is 1. The second-order valence-electron chi connectivity index (χ2n) is 5.77. The molecule has 1 aromatic heterocycles. The molecule has 110 valence electrons. The smallest absolute Gasteiger partial charge is 0.150 e. The first-order chi connectivity index (χ1) is 9.81. The van der Waals surface area contributed by atoms with E-state index in [4.69, 9.17) is 0 Å². The van der Waals surface area contributed by atoms with Gasteiger partial charge in [-0.05, 0) is 69.8 Å². The number of nitrogens with one attached hydrogen (secondary N) is 2. The van der Waals surface area contributed by atoms with Crippen molar-refractivity contribution < 1.29 is 4.79 Å². The van der Waals surface area contributed by atoms with Crippen molar-refractivity contribution >= 4 is 6.29 Å². The highest BCUT2D eigenvalue weighted by molar-refractivity contribution is 5.74. The number of aromatic nitrogens is 1. The molecular weight excluding hydrogens is 250 g/mol. The Balaban J connectivity index is 1.67. The van der Waals surface area contributed by atoms with Crippen molar-refractivity contribution in [1.29, 1.82) is 0 Å². The highest BCUT2D eigenvalue weighted by Gasteiger charge is 2.20. The quantitative estimate of drug-likeness (QED) is 0.747. The average molecular weight is 275 g/mol. The first-order valence-corrected chi connectivity index (χ1v) is 7.57. The fourth-order valence-electron chi connectivity index (χ4n) is 3.00. The molecule has 0 atom stereocenters. The summed E-state index contributed by atoms with van der Waals surface area (Å²) in [4.78, 5) is 15.0. The molecule has 1 aromatic rings. The highest BCUT2D eigenvalue weighted by Crippen LogP contribution is 2.27. The first kappa shape index (κ1) is 15.1. The fourth-order valence-corrected chi connectivity index (χ4v) is 3.00. The Hall–Kier alpha value is -1.26. The third-order valence-corrected chi connectivity index (χ3v) is 4.17. The summed E-state index contributed by atoms with van der Waals surface area (Å²) in [6.07, 6.45) is 7.89. The molecule has 0 amide bonds. The van der Waals surface area contributed by atoms with Gasteiger partial charge < -0.3 is 10.6 Å². The number of aldehydes is 1. The van der Waals surface area contributed by atoms with Gasteiger partial charge in [-0.1, -0.05) is 0 Å². The van der Waals surface area contributed by atoms with Gasteiger partial charge in [-0.3, -0.25) is 9.78 Å². The molecule has 1 saturated carbocycles. The monoisotopic (exact) mass is 275 g/mol. The van der Waals surface area contributed by atoms with Crippen molar-refractivity contribution in [2.75, 3.05) is 20.1 Å². The van der Waals surface area contributed by atoms with E-state index in [9.17, 15) is 4.79 Å². The second kappa shape index (κ2) is 8.12. The third-order valence-electron chi connectivity index (χ3n) is 4.17. The van der Waals surface area contributed by atoms with Crippen molar-refractivity contribution in [1.82, 2.24) is 15.6 Å². The van der Waals surface area contributed by atoms with Gasteiger partial charge in [0.25, 0.3) is 0 Å². The van der Waals surface area contributed by atoms with Crippen molar-refractivity contribution in [2.45, 2.75) is 32.2 Å². The number of pyridine rings is 1. The molecule has 0 spiro atoms. The predicted octanol–water partition coefficient (Wildman–Crippen LogP) is 2.01. The Kier molecular flexibility index (Phi) is 6.15. The van der Waals surface area contributed by atoms with Gasteiger partial charge >= 0.3 is 0 Å². The van der Waals surface area contributed by atoms with Crippen molar-refractivity contribution in [2.24, 2.45) is 11.8 Å². The number of hydrogen-bond acceptors (Lipinski definition) is 4. The molecule has 0 bridgehead atoms. The van der Waals surface area contributed by atoms with Gasteiger partial charge in [-0.25, -0.2) is 0 Å². The minimum absolute atomic E-state index is 0.698. The largest absolute Gasteiger partial charge is 0.319 e. The molecule has 0 saturated heterocycles. The van der Waals surface area contributed by atoms with Crippen LogP contribution in [0.4, 0.5) is 0 Å². The third kappa shape index (κ3) is 4.69. The zero-order valence-corrected chi connectivity index (χ0v) is 12.3. The molecule has 0 unspecified atom stereocenters. The lowest BCUT2D eigenvalue weighted by atomic mass is 9.82. The first-order valence-electron chi connectivity index (χ1n) is 7.57. The van der Waals surface area contributed by atoms with Crippen LogP contribution in [0.5, 0.6) is 0 Å². The number of carbonyl (C=O) groups is 1. The molecule has 4 heteroatoms. The van der Waals surface area contributed by atoms with Crippen LogP contribution >= 0.6 is 0 Å². The van der Waals surface area contributed by atoms with Crippen LogP contribution in [0.15, 0.2) is 18.3 Å². The van der Waals surface area contributed by atoms with Crippen LogP contribution < -0.4 is 10.6 Å². The van der Waals surface area contributed by atoms with Crippen molar-refractivity contribution in [3.8, 4) is 0 Å². The zero-order chi connectivity index (χ0) is 14.2. The number of hydrogen-bond donors (Lipinski definition) is 2. The van der Waals surface area contributed by atoms with E-state index < -0.39 is 0 Å². The van der Waals surface area contributed by atoms with Crippen LogP contribution in [0.1, 0.15) is 41.7 Å². The molecule has 0 aliphatic heterocycles. The maximum Gasteiger partial charge on any atom is 0.150 e. The van der Waals surface area contributed by atoms with E-state index in [1.54, 1.807) is 12.3 Å². The molecule has 0 radical (unpaired) electrons. The molecule has 1 heterocycles. The van der Waals surface area contributed by atoms with Crippen molar-refractivity contribution in [3.63, 3.8) is 0 Å². The SMILES string of the molecule is CNCC1CCC(CNCc2cc(C=O)ccn2)CC1. The van der Waals surface area contributed by atoms with E-state index in [2.05, 4.69) is 15.6 Å². The molecule has 1 aliphatic rings. The molecule has 20 heavy (non-hydrogen) atoms. The summed E-state index contributed by atoms with van der Waals surface area (Å²) < 4.78 is 0. The van der Waals surface area contributed by atoms with Crippen LogP contribution in [-0.2, 0) is 6.54 Å². The van der Waals surface area contributed by atoms with Gasteiger partial charge in [-0.2, -0.15) is 0 Å². The van der Waals surface area contributed by atoms with E-state index in [0.717, 1.165) is 43.5 Å². The normalized spacial score (nSPS) is 22.6. The zero-order valence-electron chi connectivity index (χ0n) is 12.3. The Labute approximate surface area is 121 Å². The summed E-state index contributed by atoms with van der Waals surface area (Å²) in [7, 11) is 2.04. The van der Waals surface area contributed by atoms with Crippen LogP contribution in [-0.4, -0.2) is 31.4 Å². The number of rotatable bonds is 7. The van der Waals surface area contributed by atoms with Gasteiger partial charge in [0.05, 0.1) is 5.69 Å². The second-order valence-corrected chi connectivity index (χ2v) is 5.77. The Morgan fingerprint density at radius 2 is 1.95 bits per heavy atom. The van der Waals surface area contributed by atoms with E-state index >= 15 is 0 Å². The Bertz CT molecular complexity index is 414. The minimum Gasteiger partial charge on any atom is -0.319 e. The van der Waals surface area contributed by atoms with Crippen LogP contribution in [0.2, 0.25) is 0 Å². The summed E-state index contributed by atoms with van der Waals surface area (Å²) in [5.41, 5.74) is 1.64. The summed E-state index contributed by atoms with van der Waals surface area (Å²) in [6, 6.07) is 3.59. The molecule has 1 fully saturated rings. The molecule has 2 rings (SSSR count). The van der Waals surface area contributed by atoms with E-state index in [-0.39, 0.29) is 0 Å². The van der Waals surface area contributed by atoms with Crippen LogP contribution in [0.3, 0.4) is 0 Å². The Morgan fingerprint density at radius 1 is 1.25 bits per heavy atom. The molecule has 2 N–H and O–H groups in total. The van der Waals surface area contributed by atoms with Gasteiger partial charge in [0.1, 0.15) is 6.29 Å². The van der Waals surface area contributed by atoms with Gasteiger partial charge in [0.15, 0.2) is 0 Å². The van der Waals surface area contributed by atoms with Crippen LogP contribution in [0, 0.1) is 11.8 Å². The maximum absolute atomic E-state index is 10.7. The lowest BCUT2D eigenvalue weighted by Crippen LogP contribution is -2.29. The number of nitrogens with zero attached hydrogens (tertiary/aromatic N) is 1. The lowest BCUT2D eigenvalue weighted by Gasteiger charge is -2.28. The molecular formula is C16H25N3O. The van der Waals surface area contributed by atoms with E-state index in [1.807, 2.05) is 13.1 Å². The minimum atomic E-state index is 0.698. The fraction of sp³-hybridized carbons (Fsp3) is 0.625. The van der Waals surface area contributed by atoms with Crippen molar-refractivity contribution in [3.05, 3.63) is 29.6 Å². The molecule has 1 aliphatic carbocycles. The summed E-state index contributed by atoms with van der Waals surface area (Å²) in [5.74, 6) is 1.65. The lowest BCUT2D eigenvalue weighted by molar-refractivity contribution is 0.112. The topological polar surface area (TPSA) is 54.0 Å². The van der Waals surface area contributed by atoms with Gasteiger partial charge in [0.2, 0.25) is 0 Å². The molecule has 0 aromatic carbocycles. The van der Waals surface area contributed by atoms with Gasteiger partial charge in [-0.15, -0.1) is 0 Å². The van der Waals surface area contributed by atoms with E-state index in [1.165, 1.54) is 25.7 Å².